The van der Waals surface area contributed by atoms with E-state index in [1.54, 1.807) is 26.0 Å². The van der Waals surface area contributed by atoms with Crippen LogP contribution < -0.4 is 0 Å². The average molecular weight is 599 g/mol. The standard InChI is InChI=1S/C39H34O2S2/c1-25-12-14-29(15-13-25)42-37-23-28-22-34-30(16-18-38(2,3)40-6)32-20-26-10-8-9-11-27(26)21-33(32)31(17-19-39(4,5)41-7)35(34)24-36(28)43-37/h8-15,20-24H,1-7H3. The summed E-state index contributed by atoms with van der Waals surface area (Å²) in [6, 6.07) is 28.6. The number of benzene rings is 5. The topological polar surface area (TPSA) is 18.5 Å². The molecule has 6 aromatic rings. The van der Waals surface area contributed by atoms with Crippen molar-refractivity contribution in [2.45, 2.75) is 54.9 Å². The van der Waals surface area contributed by atoms with E-state index >= 15 is 0 Å². The number of methoxy groups -OCH3 is 2. The second-order valence-electron chi connectivity index (χ2n) is 11.8. The Kier molecular flexibility index (Phi) is 7.76. The maximum absolute atomic E-state index is 5.69. The molecule has 0 aliphatic heterocycles. The maximum atomic E-state index is 5.69. The molecule has 0 N–H and O–H groups in total. The van der Waals surface area contributed by atoms with Gasteiger partial charge in [-0.05, 0) is 109 Å². The van der Waals surface area contributed by atoms with Crippen LogP contribution >= 0.6 is 23.1 Å². The summed E-state index contributed by atoms with van der Waals surface area (Å²) in [4.78, 5) is 1.24. The lowest BCUT2D eigenvalue weighted by atomic mass is 9.89. The molecular weight excluding hydrogens is 565 g/mol. The monoisotopic (exact) mass is 598 g/mol. The van der Waals surface area contributed by atoms with Gasteiger partial charge in [-0.15, -0.1) is 11.3 Å². The summed E-state index contributed by atoms with van der Waals surface area (Å²) in [5.41, 5.74) is 2.10. The molecule has 4 heteroatoms. The van der Waals surface area contributed by atoms with Gasteiger partial charge in [-0.1, -0.05) is 77.4 Å². The van der Waals surface area contributed by atoms with E-state index in [2.05, 4.69) is 109 Å². The Bertz CT molecular complexity index is 2010. The molecule has 0 saturated carbocycles. The van der Waals surface area contributed by atoms with Gasteiger partial charge in [-0.2, -0.15) is 0 Å². The molecule has 0 saturated heterocycles. The number of thiophene rings is 1. The first-order chi connectivity index (χ1) is 20.6. The largest absolute Gasteiger partial charge is 0.366 e. The first-order valence-electron chi connectivity index (χ1n) is 14.3. The van der Waals surface area contributed by atoms with Gasteiger partial charge in [-0.25, -0.2) is 0 Å². The average Bonchev–Trinajstić information content (AvgIpc) is 3.39. The van der Waals surface area contributed by atoms with Gasteiger partial charge in [0, 0.05) is 40.3 Å². The second-order valence-corrected chi connectivity index (χ2v) is 14.3. The normalized spacial score (nSPS) is 12.0. The van der Waals surface area contributed by atoms with E-state index < -0.39 is 11.2 Å². The highest BCUT2D eigenvalue weighted by molar-refractivity contribution is 8.01. The first kappa shape index (κ1) is 29.3. The predicted octanol–water partition coefficient (Wildman–Crippen LogP) is 10.4. The zero-order chi connectivity index (χ0) is 30.4. The molecule has 0 aliphatic carbocycles. The third kappa shape index (κ3) is 6.03. The molecule has 43 heavy (non-hydrogen) atoms. The predicted molar refractivity (Wildman–Crippen MR) is 186 cm³/mol. The molecule has 5 aromatic carbocycles. The molecule has 1 aromatic heterocycles. The minimum absolute atomic E-state index is 0.582. The van der Waals surface area contributed by atoms with Gasteiger partial charge in [0.1, 0.15) is 11.2 Å². The van der Waals surface area contributed by atoms with E-state index in [1.165, 1.54) is 35.5 Å². The number of hydrogen-bond acceptors (Lipinski definition) is 4. The third-order valence-corrected chi connectivity index (χ3v) is 10.1. The Morgan fingerprint density at radius 3 is 1.63 bits per heavy atom. The van der Waals surface area contributed by atoms with Crippen LogP contribution in [0.2, 0.25) is 0 Å². The maximum Gasteiger partial charge on any atom is 0.123 e. The van der Waals surface area contributed by atoms with Crippen molar-refractivity contribution in [3.8, 4) is 23.7 Å². The van der Waals surface area contributed by atoms with Gasteiger partial charge in [0.25, 0.3) is 0 Å². The number of ether oxygens (including phenoxy) is 2. The van der Waals surface area contributed by atoms with Crippen LogP contribution in [0.5, 0.6) is 0 Å². The number of hydrogen-bond donors (Lipinski definition) is 0. The second kappa shape index (κ2) is 11.4. The Labute approximate surface area is 262 Å². The number of rotatable bonds is 4. The van der Waals surface area contributed by atoms with Crippen molar-refractivity contribution < 1.29 is 9.47 Å². The summed E-state index contributed by atoms with van der Waals surface area (Å²) in [5, 5.41) is 7.94. The molecule has 214 valence electrons. The summed E-state index contributed by atoms with van der Waals surface area (Å²) in [5.74, 6) is 13.9. The summed E-state index contributed by atoms with van der Waals surface area (Å²) >= 11 is 3.62. The minimum Gasteiger partial charge on any atom is -0.366 e. The lowest BCUT2D eigenvalue weighted by Crippen LogP contribution is -2.19. The van der Waals surface area contributed by atoms with E-state index in [4.69, 9.17) is 9.47 Å². The molecule has 1 heterocycles. The van der Waals surface area contributed by atoms with E-state index in [9.17, 15) is 0 Å². The van der Waals surface area contributed by atoms with Crippen molar-refractivity contribution >= 4 is 65.5 Å². The van der Waals surface area contributed by atoms with Gasteiger partial charge in [0.15, 0.2) is 0 Å². The van der Waals surface area contributed by atoms with Gasteiger partial charge in [-0.3, -0.25) is 0 Å². The van der Waals surface area contributed by atoms with Crippen LogP contribution in [0.25, 0.3) is 42.4 Å². The van der Waals surface area contributed by atoms with Crippen molar-refractivity contribution in [1.29, 1.82) is 0 Å². The zero-order valence-corrected chi connectivity index (χ0v) is 27.3. The Morgan fingerprint density at radius 1 is 0.628 bits per heavy atom. The molecule has 2 nitrogen and oxygen atoms in total. The minimum atomic E-state index is -0.583. The van der Waals surface area contributed by atoms with Crippen molar-refractivity contribution in [1.82, 2.24) is 0 Å². The zero-order valence-electron chi connectivity index (χ0n) is 25.6. The molecule has 0 radical (unpaired) electrons. The van der Waals surface area contributed by atoms with Gasteiger partial charge in [0.05, 0.1) is 4.21 Å². The number of fused-ring (bicyclic) bond motifs is 4. The van der Waals surface area contributed by atoms with E-state index in [-0.39, 0.29) is 0 Å². The Hall–Kier alpha value is -3.77. The quantitative estimate of drug-likeness (QED) is 0.149. The summed E-state index contributed by atoms with van der Waals surface area (Å²) in [7, 11) is 3.41. The van der Waals surface area contributed by atoms with E-state index in [0.717, 1.165) is 32.7 Å². The van der Waals surface area contributed by atoms with Crippen LogP contribution in [-0.2, 0) is 9.47 Å². The smallest absolute Gasteiger partial charge is 0.123 e. The fraction of sp³-hybridized carbons (Fsp3) is 0.231. The Balaban J connectivity index is 1.70. The fourth-order valence-corrected chi connectivity index (χ4v) is 7.22. The summed E-state index contributed by atoms with van der Waals surface area (Å²) < 4.78 is 13.9. The molecule has 0 atom stereocenters. The van der Waals surface area contributed by atoms with Crippen molar-refractivity contribution in [3.05, 3.63) is 95.6 Å². The SMILES string of the molecule is COC(C)(C)C#Cc1c2cc3ccccc3cc2c(C#CC(C)(C)OC)c2cc3sc(Sc4ccc(C)cc4)cc3cc12. The molecule has 0 fully saturated rings. The van der Waals surface area contributed by atoms with Crippen LogP contribution in [0.1, 0.15) is 44.4 Å². The van der Waals surface area contributed by atoms with Crippen molar-refractivity contribution in [2.24, 2.45) is 0 Å². The lowest BCUT2D eigenvalue weighted by molar-refractivity contribution is 0.0739. The van der Waals surface area contributed by atoms with Crippen LogP contribution in [0, 0.1) is 30.6 Å². The first-order valence-corrected chi connectivity index (χ1v) is 16.0. The molecule has 0 aliphatic rings. The van der Waals surface area contributed by atoms with Crippen LogP contribution in [0.15, 0.2) is 88.0 Å². The molecule has 0 unspecified atom stereocenters. The molecular formula is C39H34O2S2. The third-order valence-electron chi connectivity index (χ3n) is 7.83. The highest BCUT2D eigenvalue weighted by Crippen LogP contribution is 2.42. The molecule has 0 amide bonds. The number of aryl methyl sites for hydroxylation is 1. The van der Waals surface area contributed by atoms with E-state index in [1.807, 2.05) is 39.0 Å². The Morgan fingerprint density at radius 2 is 1.12 bits per heavy atom. The van der Waals surface area contributed by atoms with E-state index in [0.29, 0.717) is 0 Å². The molecule has 0 bridgehead atoms. The van der Waals surface area contributed by atoms with Crippen molar-refractivity contribution in [2.75, 3.05) is 14.2 Å². The highest BCUT2D eigenvalue weighted by Gasteiger charge is 2.18. The summed E-state index contributed by atoms with van der Waals surface area (Å²) in [6.07, 6.45) is 0. The highest BCUT2D eigenvalue weighted by atomic mass is 32.2. The van der Waals surface area contributed by atoms with Gasteiger partial charge in [0.2, 0.25) is 0 Å². The van der Waals surface area contributed by atoms with Crippen LogP contribution in [-0.4, -0.2) is 25.4 Å². The van der Waals surface area contributed by atoms with Crippen LogP contribution in [0.3, 0.4) is 0 Å². The van der Waals surface area contributed by atoms with Crippen molar-refractivity contribution in [3.63, 3.8) is 0 Å². The molecule has 0 spiro atoms. The fourth-order valence-electron chi connectivity index (χ4n) is 4.99. The summed E-state index contributed by atoms with van der Waals surface area (Å²) in [6.45, 7) is 10.1. The lowest BCUT2D eigenvalue weighted by Gasteiger charge is -2.17. The molecule has 6 rings (SSSR count). The van der Waals surface area contributed by atoms with Gasteiger partial charge < -0.3 is 9.47 Å². The van der Waals surface area contributed by atoms with Crippen LogP contribution in [0.4, 0.5) is 0 Å². The van der Waals surface area contributed by atoms with Gasteiger partial charge >= 0.3 is 0 Å².